The summed E-state index contributed by atoms with van der Waals surface area (Å²) in [4.78, 5) is 24.8. The predicted octanol–water partition coefficient (Wildman–Crippen LogP) is 2.44. The van der Waals surface area contributed by atoms with E-state index in [1.165, 1.54) is 9.08 Å². The molecule has 0 atom stereocenters. The number of amides is 1. The maximum absolute atomic E-state index is 12.5. The molecule has 2 aromatic heterocycles. The van der Waals surface area contributed by atoms with Gasteiger partial charge in [0, 0.05) is 18.7 Å². The lowest BCUT2D eigenvalue weighted by Crippen LogP contribution is -2.35. The van der Waals surface area contributed by atoms with Crippen LogP contribution in [0.3, 0.4) is 0 Å². The van der Waals surface area contributed by atoms with Gasteiger partial charge in [-0.15, -0.1) is 5.10 Å². The first-order valence-corrected chi connectivity index (χ1v) is 9.13. The minimum Gasteiger partial charge on any atom is -0.354 e. The zero-order valence-electron chi connectivity index (χ0n) is 15.2. The Morgan fingerprint density at radius 2 is 1.50 bits per heavy atom. The van der Waals surface area contributed by atoms with Crippen molar-refractivity contribution in [1.82, 2.24) is 19.5 Å². The number of carbonyl (C=O) groups is 1. The summed E-state index contributed by atoms with van der Waals surface area (Å²) in [5, 5.41) is 7.15. The van der Waals surface area contributed by atoms with Crippen LogP contribution in [-0.4, -0.2) is 26.6 Å². The summed E-state index contributed by atoms with van der Waals surface area (Å²) in [6, 6.07) is 25.4. The number of carbonyl (C=O) groups excluding carboxylic acids is 1. The molecule has 0 bridgehead atoms. The molecule has 6 nitrogen and oxygen atoms in total. The summed E-state index contributed by atoms with van der Waals surface area (Å²) in [6.07, 6.45) is 1.64. The van der Waals surface area contributed by atoms with Gasteiger partial charge >= 0.3 is 5.69 Å². The second-order valence-corrected chi connectivity index (χ2v) is 6.55. The first-order chi connectivity index (χ1) is 13.7. The van der Waals surface area contributed by atoms with Gasteiger partial charge in [-0.25, -0.2) is 9.48 Å². The van der Waals surface area contributed by atoms with Gasteiger partial charge in [0.1, 0.15) is 6.54 Å². The fourth-order valence-electron chi connectivity index (χ4n) is 3.28. The number of nitrogens with zero attached hydrogens (tertiary/aromatic N) is 3. The molecular formula is C22H20N4O2. The number of aromatic nitrogens is 3. The van der Waals surface area contributed by atoms with Crippen molar-refractivity contribution in [3.63, 3.8) is 0 Å². The first kappa shape index (κ1) is 17.7. The van der Waals surface area contributed by atoms with E-state index in [1.807, 2.05) is 36.4 Å². The van der Waals surface area contributed by atoms with Gasteiger partial charge < -0.3 is 5.32 Å². The molecule has 0 radical (unpaired) electrons. The van der Waals surface area contributed by atoms with Crippen LogP contribution in [0.1, 0.15) is 17.0 Å². The molecule has 2 heterocycles. The molecule has 6 heteroatoms. The Bertz CT molecular complexity index is 1090. The molecule has 0 saturated carbocycles. The number of hydrogen-bond acceptors (Lipinski definition) is 3. The van der Waals surface area contributed by atoms with Crippen molar-refractivity contribution >= 4 is 11.6 Å². The molecule has 2 aromatic carbocycles. The van der Waals surface area contributed by atoms with Crippen molar-refractivity contribution in [2.24, 2.45) is 0 Å². The monoisotopic (exact) mass is 372 g/mol. The van der Waals surface area contributed by atoms with E-state index in [9.17, 15) is 9.59 Å². The van der Waals surface area contributed by atoms with Gasteiger partial charge in [-0.2, -0.15) is 0 Å². The van der Waals surface area contributed by atoms with Crippen molar-refractivity contribution in [1.29, 1.82) is 0 Å². The largest absolute Gasteiger partial charge is 0.354 e. The van der Waals surface area contributed by atoms with Crippen LogP contribution in [0, 0.1) is 0 Å². The minimum atomic E-state index is -0.326. The standard InChI is InChI=1S/C22H20N4O2/c27-21(16-26-22(28)25-14-8-7-13-20(25)24-26)23-15-19(17-9-3-1-4-10-17)18-11-5-2-6-12-18/h1-14,19H,15-16H2,(H,23,27). The van der Waals surface area contributed by atoms with Gasteiger partial charge in [-0.05, 0) is 23.3 Å². The summed E-state index contributed by atoms with van der Waals surface area (Å²) in [5.74, 6) is -0.216. The molecule has 0 unspecified atom stereocenters. The minimum absolute atomic E-state index is 0.0316. The second kappa shape index (κ2) is 7.92. The summed E-state index contributed by atoms with van der Waals surface area (Å²) < 4.78 is 2.61. The van der Waals surface area contributed by atoms with Crippen LogP contribution in [0.5, 0.6) is 0 Å². The number of hydrogen-bond donors (Lipinski definition) is 1. The number of nitrogens with one attached hydrogen (secondary N) is 1. The van der Waals surface area contributed by atoms with Gasteiger partial charge in [0.05, 0.1) is 0 Å². The third-order valence-corrected chi connectivity index (χ3v) is 4.69. The fourth-order valence-corrected chi connectivity index (χ4v) is 3.28. The van der Waals surface area contributed by atoms with E-state index in [0.717, 1.165) is 11.1 Å². The van der Waals surface area contributed by atoms with E-state index in [4.69, 9.17) is 0 Å². The Kier molecular flexibility index (Phi) is 5.01. The molecular weight excluding hydrogens is 352 g/mol. The van der Waals surface area contributed by atoms with E-state index < -0.39 is 0 Å². The maximum Gasteiger partial charge on any atom is 0.350 e. The van der Waals surface area contributed by atoms with Gasteiger partial charge in [0.25, 0.3) is 0 Å². The molecule has 0 saturated heterocycles. The molecule has 140 valence electrons. The maximum atomic E-state index is 12.5. The van der Waals surface area contributed by atoms with Crippen LogP contribution in [-0.2, 0) is 11.3 Å². The molecule has 0 aliphatic rings. The smallest absolute Gasteiger partial charge is 0.350 e. The highest BCUT2D eigenvalue weighted by Crippen LogP contribution is 2.23. The molecule has 0 aliphatic carbocycles. The molecule has 1 amide bonds. The number of rotatable bonds is 6. The summed E-state index contributed by atoms with van der Waals surface area (Å²) in [6.45, 7) is 0.325. The van der Waals surface area contributed by atoms with Gasteiger partial charge in [0.2, 0.25) is 5.91 Å². The molecule has 0 spiro atoms. The Hall–Kier alpha value is -3.67. The van der Waals surface area contributed by atoms with Crippen LogP contribution >= 0.6 is 0 Å². The number of pyridine rings is 1. The summed E-state index contributed by atoms with van der Waals surface area (Å²) in [7, 11) is 0. The molecule has 0 aliphatic heterocycles. The van der Waals surface area contributed by atoms with Crippen LogP contribution in [0.15, 0.2) is 89.9 Å². The zero-order chi connectivity index (χ0) is 19.3. The van der Waals surface area contributed by atoms with Crippen molar-refractivity contribution in [2.45, 2.75) is 12.5 Å². The normalized spacial score (nSPS) is 11.0. The number of fused-ring (bicyclic) bond motifs is 1. The molecule has 4 rings (SSSR count). The van der Waals surface area contributed by atoms with Gasteiger partial charge in [-0.3, -0.25) is 9.20 Å². The third-order valence-electron chi connectivity index (χ3n) is 4.69. The SMILES string of the molecule is O=C(Cn1nc2ccccn2c1=O)NCC(c1ccccc1)c1ccccc1. The van der Waals surface area contributed by atoms with Gasteiger partial charge in [-0.1, -0.05) is 66.7 Å². The van der Waals surface area contributed by atoms with Crippen LogP contribution in [0.2, 0.25) is 0 Å². The molecule has 4 aromatic rings. The van der Waals surface area contributed by atoms with Crippen LogP contribution < -0.4 is 11.0 Å². The Morgan fingerprint density at radius 3 is 2.11 bits per heavy atom. The lowest BCUT2D eigenvalue weighted by Gasteiger charge is -2.18. The Morgan fingerprint density at radius 1 is 0.893 bits per heavy atom. The highest BCUT2D eigenvalue weighted by molar-refractivity contribution is 5.75. The Balaban J connectivity index is 1.50. The predicted molar refractivity (Wildman–Crippen MR) is 107 cm³/mol. The zero-order valence-corrected chi connectivity index (χ0v) is 15.2. The molecule has 28 heavy (non-hydrogen) atoms. The lowest BCUT2D eigenvalue weighted by molar-refractivity contribution is -0.121. The highest BCUT2D eigenvalue weighted by atomic mass is 16.2. The average Bonchev–Trinajstić information content (AvgIpc) is 3.05. The van der Waals surface area contributed by atoms with E-state index in [2.05, 4.69) is 34.7 Å². The second-order valence-electron chi connectivity index (χ2n) is 6.55. The first-order valence-electron chi connectivity index (χ1n) is 9.13. The van der Waals surface area contributed by atoms with Crippen molar-refractivity contribution in [3.8, 4) is 0 Å². The van der Waals surface area contributed by atoms with E-state index >= 15 is 0 Å². The molecule has 0 fully saturated rings. The van der Waals surface area contributed by atoms with Crippen LogP contribution in [0.4, 0.5) is 0 Å². The van der Waals surface area contributed by atoms with Gasteiger partial charge in [0.15, 0.2) is 5.65 Å². The van der Waals surface area contributed by atoms with Crippen molar-refractivity contribution in [3.05, 3.63) is 107 Å². The average molecular weight is 372 g/mol. The molecule has 1 N–H and O–H groups in total. The van der Waals surface area contributed by atoms with Crippen molar-refractivity contribution < 1.29 is 4.79 Å². The van der Waals surface area contributed by atoms with E-state index in [-0.39, 0.29) is 24.1 Å². The van der Waals surface area contributed by atoms with Crippen LogP contribution in [0.25, 0.3) is 5.65 Å². The highest BCUT2D eigenvalue weighted by Gasteiger charge is 2.16. The number of benzene rings is 2. The third kappa shape index (κ3) is 3.71. The quantitative estimate of drug-likeness (QED) is 0.565. The summed E-state index contributed by atoms with van der Waals surface area (Å²) >= 11 is 0. The summed E-state index contributed by atoms with van der Waals surface area (Å²) in [5.41, 5.74) is 2.44. The Labute approximate surface area is 162 Å². The van der Waals surface area contributed by atoms with E-state index in [0.29, 0.717) is 12.2 Å². The van der Waals surface area contributed by atoms with E-state index in [1.54, 1.807) is 24.4 Å². The fraction of sp³-hybridized carbons (Fsp3) is 0.136. The lowest BCUT2D eigenvalue weighted by atomic mass is 9.91. The van der Waals surface area contributed by atoms with Crippen molar-refractivity contribution in [2.75, 3.05) is 6.54 Å². The topological polar surface area (TPSA) is 68.4 Å².